The molecule has 194 valence electrons. The van der Waals surface area contributed by atoms with Gasteiger partial charge in [-0.15, -0.1) is 0 Å². The molecule has 0 bridgehead atoms. The number of hydrogen-bond acceptors (Lipinski definition) is 4. The predicted octanol–water partition coefficient (Wildman–Crippen LogP) is 7.58. The SMILES string of the molecule is CC(C)(C)c1ccc(C(=O)c2cc(-c3ccc(N)c(C(=O)c4ccc(C(C)(C)C)cc4)c3)ccc2N)cc1. The normalized spacial score (nSPS) is 11.8. The minimum atomic E-state index is -0.143. The van der Waals surface area contributed by atoms with Crippen LogP contribution in [0.5, 0.6) is 0 Å². The molecule has 0 aliphatic heterocycles. The molecule has 4 N–H and O–H groups in total. The molecule has 0 unspecified atom stereocenters. The largest absolute Gasteiger partial charge is 0.398 e. The second kappa shape index (κ2) is 9.94. The lowest BCUT2D eigenvalue weighted by molar-refractivity contribution is 0.103. The van der Waals surface area contributed by atoms with E-state index < -0.39 is 0 Å². The summed E-state index contributed by atoms with van der Waals surface area (Å²) in [6.45, 7) is 12.8. The van der Waals surface area contributed by atoms with Gasteiger partial charge < -0.3 is 11.5 Å². The summed E-state index contributed by atoms with van der Waals surface area (Å²) in [5.41, 5.74) is 19.2. The number of anilines is 2. The molecule has 4 heteroatoms. The van der Waals surface area contributed by atoms with Gasteiger partial charge in [0.05, 0.1) is 0 Å². The molecule has 0 spiro atoms. The maximum Gasteiger partial charge on any atom is 0.195 e. The first kappa shape index (κ1) is 26.9. The van der Waals surface area contributed by atoms with Gasteiger partial charge in [-0.2, -0.15) is 0 Å². The molecule has 4 aromatic carbocycles. The van der Waals surface area contributed by atoms with Crippen LogP contribution >= 0.6 is 0 Å². The zero-order chi connectivity index (χ0) is 27.8. The molecule has 0 aliphatic rings. The minimum absolute atomic E-state index is 0.000547. The summed E-state index contributed by atoms with van der Waals surface area (Å²) < 4.78 is 0. The van der Waals surface area contributed by atoms with E-state index in [2.05, 4.69) is 41.5 Å². The summed E-state index contributed by atoms with van der Waals surface area (Å²) in [6, 6.07) is 26.1. The van der Waals surface area contributed by atoms with E-state index in [-0.39, 0.29) is 22.4 Å². The fourth-order valence-corrected chi connectivity index (χ4v) is 4.42. The lowest BCUT2D eigenvalue weighted by Crippen LogP contribution is -2.12. The highest BCUT2D eigenvalue weighted by Crippen LogP contribution is 2.30. The molecule has 0 amide bonds. The van der Waals surface area contributed by atoms with E-state index in [1.54, 1.807) is 24.3 Å². The average molecular weight is 505 g/mol. The number of nitrogens with two attached hydrogens (primary N) is 2. The van der Waals surface area contributed by atoms with Gasteiger partial charge in [0.15, 0.2) is 11.6 Å². The minimum Gasteiger partial charge on any atom is -0.398 e. The monoisotopic (exact) mass is 504 g/mol. The van der Waals surface area contributed by atoms with Gasteiger partial charge in [0.2, 0.25) is 0 Å². The van der Waals surface area contributed by atoms with Crippen molar-refractivity contribution in [3.8, 4) is 11.1 Å². The summed E-state index contributed by atoms with van der Waals surface area (Å²) in [4.78, 5) is 26.7. The maximum absolute atomic E-state index is 13.4. The molecule has 38 heavy (non-hydrogen) atoms. The fourth-order valence-electron chi connectivity index (χ4n) is 4.42. The fraction of sp³-hybridized carbons (Fsp3) is 0.235. The van der Waals surface area contributed by atoms with Crippen LogP contribution in [0, 0.1) is 0 Å². The Labute approximate surface area is 225 Å². The molecule has 0 saturated carbocycles. The van der Waals surface area contributed by atoms with Gasteiger partial charge in [0.25, 0.3) is 0 Å². The number of nitrogen functional groups attached to an aromatic ring is 2. The second-order valence-electron chi connectivity index (χ2n) is 11.9. The molecular weight excluding hydrogens is 468 g/mol. The topological polar surface area (TPSA) is 86.2 Å². The predicted molar refractivity (Wildman–Crippen MR) is 158 cm³/mol. The highest BCUT2D eigenvalue weighted by Gasteiger charge is 2.19. The number of benzene rings is 4. The zero-order valence-corrected chi connectivity index (χ0v) is 23.1. The quantitative estimate of drug-likeness (QED) is 0.217. The first-order valence-corrected chi connectivity index (χ1v) is 12.9. The number of carbonyl (C=O) groups is 2. The van der Waals surface area contributed by atoms with Crippen LogP contribution in [0.2, 0.25) is 0 Å². The number of hydrogen-bond donors (Lipinski definition) is 2. The van der Waals surface area contributed by atoms with Crippen LogP contribution < -0.4 is 11.5 Å². The Morgan fingerprint density at radius 2 is 0.816 bits per heavy atom. The van der Waals surface area contributed by atoms with Crippen LogP contribution in [0.15, 0.2) is 84.9 Å². The summed E-state index contributed by atoms with van der Waals surface area (Å²) in [5.74, 6) is -0.286. The Hall–Kier alpha value is -4.18. The molecular formula is C34H36N2O2. The molecule has 0 aromatic heterocycles. The Kier molecular flexibility index (Phi) is 7.03. The van der Waals surface area contributed by atoms with E-state index in [4.69, 9.17) is 11.5 Å². The summed E-state index contributed by atoms with van der Waals surface area (Å²) in [7, 11) is 0. The Balaban J connectivity index is 1.67. The third kappa shape index (κ3) is 5.55. The molecule has 0 radical (unpaired) electrons. The number of carbonyl (C=O) groups excluding carboxylic acids is 2. The van der Waals surface area contributed by atoms with Gasteiger partial charge in [-0.25, -0.2) is 0 Å². The Bertz CT molecular complexity index is 1380. The van der Waals surface area contributed by atoms with E-state index in [1.807, 2.05) is 60.7 Å². The third-order valence-corrected chi connectivity index (χ3v) is 6.96. The van der Waals surface area contributed by atoms with E-state index in [0.717, 1.165) is 22.3 Å². The van der Waals surface area contributed by atoms with Crippen molar-refractivity contribution in [3.63, 3.8) is 0 Å². The van der Waals surface area contributed by atoms with E-state index in [1.165, 1.54) is 0 Å². The Morgan fingerprint density at radius 3 is 1.11 bits per heavy atom. The van der Waals surface area contributed by atoms with E-state index in [9.17, 15) is 9.59 Å². The van der Waals surface area contributed by atoms with Crippen molar-refractivity contribution in [3.05, 3.63) is 118 Å². The van der Waals surface area contributed by atoms with Crippen LogP contribution in [0.25, 0.3) is 11.1 Å². The van der Waals surface area contributed by atoms with Gasteiger partial charge >= 0.3 is 0 Å². The van der Waals surface area contributed by atoms with Crippen LogP contribution in [-0.2, 0) is 10.8 Å². The van der Waals surface area contributed by atoms with E-state index >= 15 is 0 Å². The lowest BCUT2D eigenvalue weighted by atomic mass is 9.86. The lowest BCUT2D eigenvalue weighted by Gasteiger charge is -2.19. The van der Waals surface area contributed by atoms with Crippen LogP contribution in [0.1, 0.15) is 84.5 Å². The highest BCUT2D eigenvalue weighted by atomic mass is 16.1. The summed E-state index contributed by atoms with van der Waals surface area (Å²) in [5, 5.41) is 0. The van der Waals surface area contributed by atoms with Crippen molar-refractivity contribution in [1.82, 2.24) is 0 Å². The summed E-state index contributed by atoms with van der Waals surface area (Å²) in [6.07, 6.45) is 0. The summed E-state index contributed by atoms with van der Waals surface area (Å²) >= 11 is 0. The molecule has 4 aromatic rings. The molecule has 4 nitrogen and oxygen atoms in total. The van der Waals surface area contributed by atoms with Crippen LogP contribution in [0.4, 0.5) is 11.4 Å². The van der Waals surface area contributed by atoms with Gasteiger partial charge in [-0.1, -0.05) is 102 Å². The van der Waals surface area contributed by atoms with E-state index in [0.29, 0.717) is 33.6 Å². The van der Waals surface area contributed by atoms with Crippen LogP contribution in [-0.4, -0.2) is 11.6 Å². The van der Waals surface area contributed by atoms with Crippen molar-refractivity contribution in [2.24, 2.45) is 0 Å². The zero-order valence-electron chi connectivity index (χ0n) is 23.1. The van der Waals surface area contributed by atoms with Crippen molar-refractivity contribution >= 4 is 22.9 Å². The average Bonchev–Trinajstić information content (AvgIpc) is 2.88. The van der Waals surface area contributed by atoms with Crippen LogP contribution in [0.3, 0.4) is 0 Å². The highest BCUT2D eigenvalue weighted by molar-refractivity contribution is 6.14. The second-order valence-corrected chi connectivity index (χ2v) is 11.9. The molecule has 0 heterocycles. The van der Waals surface area contributed by atoms with Gasteiger partial charge in [-0.3, -0.25) is 9.59 Å². The van der Waals surface area contributed by atoms with Gasteiger partial charge in [0.1, 0.15) is 0 Å². The van der Waals surface area contributed by atoms with Crippen molar-refractivity contribution in [2.45, 2.75) is 52.4 Å². The first-order valence-electron chi connectivity index (χ1n) is 12.9. The van der Waals surface area contributed by atoms with Crippen molar-refractivity contribution in [1.29, 1.82) is 0 Å². The first-order chi connectivity index (χ1) is 17.8. The van der Waals surface area contributed by atoms with Crippen molar-refractivity contribution < 1.29 is 9.59 Å². The molecule has 0 fully saturated rings. The molecule has 0 atom stereocenters. The Morgan fingerprint density at radius 1 is 0.500 bits per heavy atom. The third-order valence-electron chi connectivity index (χ3n) is 6.96. The maximum atomic E-state index is 13.4. The molecule has 0 aliphatic carbocycles. The standard InChI is InChI=1S/C34H36N2O2/c1-33(2,3)25-13-7-21(8-14-25)31(37)27-19-23(11-17-29(27)35)24-12-18-30(36)28(20-24)32(38)22-9-15-26(16-10-22)34(4,5)6/h7-20H,35-36H2,1-6H3. The van der Waals surface area contributed by atoms with Gasteiger partial charge in [0, 0.05) is 33.6 Å². The van der Waals surface area contributed by atoms with Crippen molar-refractivity contribution in [2.75, 3.05) is 11.5 Å². The van der Waals surface area contributed by atoms with Gasteiger partial charge in [-0.05, 0) is 57.3 Å². The number of ketones is 2. The molecule has 0 saturated heterocycles. The number of rotatable bonds is 5. The molecule has 4 rings (SSSR count). The smallest absolute Gasteiger partial charge is 0.195 e.